The van der Waals surface area contributed by atoms with Crippen LogP contribution in [0, 0.1) is 0 Å². The van der Waals surface area contributed by atoms with Crippen LogP contribution in [-0.2, 0) is 16.0 Å². The minimum Gasteiger partial charge on any atom is -0.506 e. The molecule has 0 aliphatic carbocycles. The van der Waals surface area contributed by atoms with Gasteiger partial charge in [0.2, 0.25) is 0 Å². The maximum atomic E-state index is 12.5. The second-order valence-corrected chi connectivity index (χ2v) is 17.2. The third-order valence-corrected chi connectivity index (χ3v) is 11.4. The van der Waals surface area contributed by atoms with E-state index in [-0.39, 0.29) is 53.5 Å². The summed E-state index contributed by atoms with van der Waals surface area (Å²) in [5, 5.41) is 29.0. The standard InChI is InChI=1S/C27H32ClN3O5.C18H17ClN2O2.ClH/c1-27(2,3)36-26(33)30-10-9-19(16-30)35-24-14-18(17-7-8-23(32)21(28)12-17)13-22-20(24)15-29-31(22)25-6-4-5-11-34-25;19-16-6-11(1-2-17(16)22)12-5-13-8-21-10-15(13)18(7-12)23-14-3-4-20-9-14;/h7-8,12-15,19,25,32H,4-6,9-11,16H2,1-3H3;1-2,5-7,10,14,20,22H,3-4,8-9H2;1H/t19-,25?;14-;/m00./s1. The van der Waals surface area contributed by atoms with Gasteiger partial charge in [0.05, 0.1) is 40.2 Å². The van der Waals surface area contributed by atoms with Crippen LogP contribution in [0.4, 0.5) is 4.79 Å². The smallest absolute Gasteiger partial charge is 0.410 e. The summed E-state index contributed by atoms with van der Waals surface area (Å²) in [5.41, 5.74) is 6.31. The molecule has 0 bridgehead atoms. The van der Waals surface area contributed by atoms with Crippen LogP contribution in [0.5, 0.6) is 23.0 Å². The highest BCUT2D eigenvalue weighted by atomic mass is 35.5. The molecule has 1 aromatic heterocycles. The lowest BCUT2D eigenvalue weighted by Gasteiger charge is -2.24. The molecule has 1 unspecified atom stereocenters. The number of aliphatic imine (C=N–C) groups is 1. The fourth-order valence-corrected chi connectivity index (χ4v) is 8.12. The highest BCUT2D eigenvalue weighted by molar-refractivity contribution is 6.32. The monoisotopic (exact) mass is 877 g/mol. The van der Waals surface area contributed by atoms with Crippen LogP contribution in [-0.4, -0.2) is 87.8 Å². The first kappa shape index (κ1) is 43.4. The van der Waals surface area contributed by atoms with Gasteiger partial charge in [0.1, 0.15) is 40.8 Å². The second kappa shape index (κ2) is 18.5. The first-order valence-electron chi connectivity index (χ1n) is 20.2. The number of ether oxygens (including phenoxy) is 4. The summed E-state index contributed by atoms with van der Waals surface area (Å²) in [6, 6.07) is 18.6. The van der Waals surface area contributed by atoms with Crippen molar-refractivity contribution in [3.63, 3.8) is 0 Å². The van der Waals surface area contributed by atoms with E-state index in [0.29, 0.717) is 43.4 Å². The third-order valence-electron chi connectivity index (χ3n) is 10.8. The van der Waals surface area contributed by atoms with Crippen molar-refractivity contribution in [1.82, 2.24) is 20.0 Å². The summed E-state index contributed by atoms with van der Waals surface area (Å²) in [5.74, 6) is 1.68. The van der Waals surface area contributed by atoms with Crippen LogP contribution in [0.1, 0.15) is 70.2 Å². The molecule has 15 heteroatoms. The molecule has 0 saturated carbocycles. The molecule has 60 heavy (non-hydrogen) atoms. The number of hydrogen-bond donors (Lipinski definition) is 3. The molecule has 0 radical (unpaired) electrons. The van der Waals surface area contributed by atoms with Gasteiger partial charge in [-0.05, 0) is 129 Å². The zero-order valence-electron chi connectivity index (χ0n) is 33.8. The molecule has 5 aromatic rings. The normalized spacial score (nSPS) is 19.7. The summed E-state index contributed by atoms with van der Waals surface area (Å²) in [6.45, 7) is 9.87. The summed E-state index contributed by atoms with van der Waals surface area (Å²) >= 11 is 12.3. The number of benzene rings is 4. The van der Waals surface area contributed by atoms with Gasteiger partial charge in [-0.1, -0.05) is 35.3 Å². The van der Waals surface area contributed by atoms with Crippen LogP contribution in [0.3, 0.4) is 0 Å². The maximum absolute atomic E-state index is 12.5. The first-order valence-corrected chi connectivity index (χ1v) is 20.9. The number of phenols is 2. The maximum Gasteiger partial charge on any atom is 0.410 e. The molecule has 3 fully saturated rings. The fraction of sp³-hybridized carbons (Fsp3) is 0.400. The van der Waals surface area contributed by atoms with Crippen molar-refractivity contribution >= 4 is 58.8 Å². The molecule has 4 aliphatic heterocycles. The van der Waals surface area contributed by atoms with Crippen molar-refractivity contribution in [2.75, 3.05) is 32.8 Å². The van der Waals surface area contributed by atoms with Gasteiger partial charge in [0.25, 0.3) is 0 Å². The second-order valence-electron chi connectivity index (χ2n) is 16.4. The van der Waals surface area contributed by atoms with Gasteiger partial charge < -0.3 is 39.4 Å². The highest BCUT2D eigenvalue weighted by Crippen LogP contribution is 2.39. The molecule has 3 N–H and O–H groups in total. The van der Waals surface area contributed by atoms with Crippen molar-refractivity contribution in [1.29, 1.82) is 0 Å². The molecule has 3 atom stereocenters. The molecule has 4 aliphatic rings. The topological polar surface area (TPSA) is 140 Å². The summed E-state index contributed by atoms with van der Waals surface area (Å²) in [4.78, 5) is 18.6. The Morgan fingerprint density at radius 2 is 1.57 bits per heavy atom. The number of aromatic hydroxyl groups is 2. The van der Waals surface area contributed by atoms with Gasteiger partial charge in [0.15, 0.2) is 6.23 Å². The van der Waals surface area contributed by atoms with E-state index in [9.17, 15) is 15.0 Å². The number of amides is 1. The molecule has 1 amide bonds. The van der Waals surface area contributed by atoms with Crippen LogP contribution in [0.2, 0.25) is 10.0 Å². The Labute approximate surface area is 365 Å². The predicted octanol–water partition coefficient (Wildman–Crippen LogP) is 9.96. The van der Waals surface area contributed by atoms with Crippen LogP contribution >= 0.6 is 35.6 Å². The number of carbonyl (C=O) groups excluding carboxylic acids is 1. The number of likely N-dealkylation sites (tertiary alicyclic amines) is 1. The van der Waals surface area contributed by atoms with Crippen molar-refractivity contribution < 1.29 is 34.0 Å². The number of nitrogens with one attached hydrogen (secondary N) is 1. The molecule has 4 aromatic carbocycles. The Kier molecular flexibility index (Phi) is 13.4. The van der Waals surface area contributed by atoms with Gasteiger partial charge in [-0.3, -0.25) is 4.99 Å². The Morgan fingerprint density at radius 3 is 2.22 bits per heavy atom. The van der Waals surface area contributed by atoms with E-state index in [1.165, 1.54) is 0 Å². The van der Waals surface area contributed by atoms with E-state index < -0.39 is 5.60 Å². The highest BCUT2D eigenvalue weighted by Gasteiger charge is 2.32. The first-order chi connectivity index (χ1) is 28.4. The number of aromatic nitrogens is 2. The number of rotatable bonds is 7. The molecule has 3 saturated heterocycles. The lowest BCUT2D eigenvalue weighted by atomic mass is 9.99. The SMILES string of the molecule is CC(C)(C)OC(=O)N1CC[C@H](Oc2cc(-c3ccc(O)c(Cl)c3)cc3c2cnn3C2CCCCO2)C1.Cl.Oc1ccc(-c2cc3c(c(O[C@H]4CCNC4)c2)C=NC3)cc1Cl. The average Bonchev–Trinajstić information content (AvgIpc) is 4.05. The molecule has 12 nitrogen and oxygen atoms in total. The number of phenolic OH excluding ortho intramolecular Hbond substituents is 2. The van der Waals surface area contributed by atoms with Crippen LogP contribution in [0.25, 0.3) is 33.2 Å². The zero-order valence-corrected chi connectivity index (χ0v) is 36.2. The van der Waals surface area contributed by atoms with Crippen molar-refractivity contribution in [3.8, 4) is 45.3 Å². The minimum absolute atomic E-state index is 0. The number of halogens is 3. The minimum atomic E-state index is -0.544. The van der Waals surface area contributed by atoms with Crippen LogP contribution in [0.15, 0.2) is 71.9 Å². The van der Waals surface area contributed by atoms with Crippen LogP contribution < -0.4 is 14.8 Å². The fourth-order valence-electron chi connectivity index (χ4n) is 7.76. The van der Waals surface area contributed by atoms with Crippen molar-refractivity contribution in [2.24, 2.45) is 4.99 Å². The molecule has 5 heterocycles. The Hall–Kier alpha value is -4.72. The van der Waals surface area contributed by atoms with E-state index in [4.69, 9.17) is 42.1 Å². The number of fused-ring (bicyclic) bond motifs is 2. The number of carbonyl (C=O) groups is 1. The lowest BCUT2D eigenvalue weighted by molar-refractivity contribution is -0.0366. The van der Waals surface area contributed by atoms with E-state index in [1.54, 1.807) is 29.2 Å². The molecular weight excluding hydrogens is 829 g/mol. The molecule has 9 rings (SSSR count). The van der Waals surface area contributed by atoms with E-state index in [0.717, 1.165) is 88.8 Å². The molecule has 0 spiro atoms. The Balaban J connectivity index is 0.000000195. The summed E-state index contributed by atoms with van der Waals surface area (Å²) in [6.07, 6.45) is 8.04. The average molecular weight is 879 g/mol. The molecule has 318 valence electrons. The third kappa shape index (κ3) is 9.90. The number of hydrogen-bond acceptors (Lipinski definition) is 10. The van der Waals surface area contributed by atoms with Crippen molar-refractivity contribution in [2.45, 2.75) is 83.5 Å². The summed E-state index contributed by atoms with van der Waals surface area (Å²) < 4.78 is 26.2. The largest absolute Gasteiger partial charge is 0.506 e. The Bertz CT molecular complexity index is 2370. The lowest BCUT2D eigenvalue weighted by Crippen LogP contribution is -2.36. The summed E-state index contributed by atoms with van der Waals surface area (Å²) in [7, 11) is 0. The quantitative estimate of drug-likeness (QED) is 0.146. The number of nitrogens with zero attached hydrogens (tertiary/aromatic N) is 4. The predicted molar refractivity (Wildman–Crippen MR) is 237 cm³/mol. The van der Waals surface area contributed by atoms with Crippen molar-refractivity contribution in [3.05, 3.63) is 88.0 Å². The zero-order chi connectivity index (χ0) is 41.3. The van der Waals surface area contributed by atoms with Gasteiger partial charge in [0, 0.05) is 37.9 Å². The molecular formula is C45H50Cl3N5O7. The van der Waals surface area contributed by atoms with Gasteiger partial charge in [-0.25, -0.2) is 9.48 Å². The van der Waals surface area contributed by atoms with E-state index in [2.05, 4.69) is 27.5 Å². The van der Waals surface area contributed by atoms with Gasteiger partial charge >= 0.3 is 6.09 Å². The van der Waals surface area contributed by atoms with Gasteiger partial charge in [-0.2, -0.15) is 5.10 Å². The van der Waals surface area contributed by atoms with E-state index >= 15 is 0 Å². The van der Waals surface area contributed by atoms with Gasteiger partial charge in [-0.15, -0.1) is 12.4 Å². The Morgan fingerprint density at radius 1 is 0.867 bits per heavy atom. The van der Waals surface area contributed by atoms with E-state index in [1.807, 2.05) is 62.1 Å².